The van der Waals surface area contributed by atoms with E-state index in [1.165, 1.54) is 0 Å². The molecule has 3 aromatic rings. The van der Waals surface area contributed by atoms with E-state index in [1.54, 1.807) is 21.3 Å². The average Bonchev–Trinajstić information content (AvgIpc) is 2.97. The molecule has 2 aromatic carbocycles. The number of ether oxygens (including phenoxy) is 3. The Bertz CT molecular complexity index is 817. The third-order valence-corrected chi connectivity index (χ3v) is 3.61. The van der Waals surface area contributed by atoms with Crippen LogP contribution in [-0.4, -0.2) is 21.3 Å². The van der Waals surface area contributed by atoms with E-state index in [0.29, 0.717) is 11.5 Å². The van der Waals surface area contributed by atoms with Gasteiger partial charge in [0.2, 0.25) is 0 Å². The predicted molar refractivity (Wildman–Crippen MR) is 86.0 cm³/mol. The summed E-state index contributed by atoms with van der Waals surface area (Å²) in [6.07, 6.45) is 0. The first-order valence-electron chi connectivity index (χ1n) is 6.97. The van der Waals surface area contributed by atoms with Crippen LogP contribution in [-0.2, 0) is 0 Å². The number of benzene rings is 2. The van der Waals surface area contributed by atoms with E-state index in [0.717, 1.165) is 33.6 Å². The molecular formula is C18H18O4. The molecule has 0 spiro atoms. The van der Waals surface area contributed by atoms with E-state index in [9.17, 15) is 0 Å². The van der Waals surface area contributed by atoms with E-state index < -0.39 is 0 Å². The summed E-state index contributed by atoms with van der Waals surface area (Å²) in [6, 6.07) is 11.8. The molecule has 0 bridgehead atoms. The fraction of sp³-hybridized carbons (Fsp3) is 0.222. The maximum absolute atomic E-state index is 5.98. The Morgan fingerprint density at radius 3 is 2.18 bits per heavy atom. The lowest BCUT2D eigenvalue weighted by Crippen LogP contribution is -1.90. The molecule has 4 nitrogen and oxygen atoms in total. The highest BCUT2D eigenvalue weighted by Crippen LogP contribution is 2.37. The van der Waals surface area contributed by atoms with Crippen LogP contribution >= 0.6 is 0 Å². The SMILES string of the molecule is COc1ccc(-c2cc3cc(C)cc(OC)c3o2)cc1OC. The van der Waals surface area contributed by atoms with Crippen LogP contribution in [0.5, 0.6) is 17.2 Å². The van der Waals surface area contributed by atoms with Crippen LogP contribution in [0, 0.1) is 6.92 Å². The van der Waals surface area contributed by atoms with Gasteiger partial charge < -0.3 is 18.6 Å². The van der Waals surface area contributed by atoms with Crippen molar-refractivity contribution in [3.63, 3.8) is 0 Å². The number of hydrogen-bond donors (Lipinski definition) is 0. The Labute approximate surface area is 129 Å². The molecule has 114 valence electrons. The second kappa shape index (κ2) is 5.64. The standard InChI is InChI=1S/C18H18O4/c1-11-7-13-10-15(22-18(13)17(8-11)21-4)12-5-6-14(19-2)16(9-12)20-3/h5-10H,1-4H3. The number of methoxy groups -OCH3 is 3. The molecule has 0 fully saturated rings. The molecule has 0 aliphatic rings. The van der Waals surface area contributed by atoms with Crippen molar-refractivity contribution in [1.29, 1.82) is 0 Å². The lowest BCUT2D eigenvalue weighted by atomic mass is 10.1. The van der Waals surface area contributed by atoms with Crippen molar-refractivity contribution in [2.75, 3.05) is 21.3 Å². The quantitative estimate of drug-likeness (QED) is 0.714. The molecule has 1 aromatic heterocycles. The minimum Gasteiger partial charge on any atom is -0.493 e. The first-order valence-corrected chi connectivity index (χ1v) is 6.97. The van der Waals surface area contributed by atoms with Crippen LogP contribution in [0.4, 0.5) is 0 Å². The predicted octanol–water partition coefficient (Wildman–Crippen LogP) is 4.43. The Balaban J connectivity index is 2.14. The molecule has 0 aliphatic heterocycles. The largest absolute Gasteiger partial charge is 0.493 e. The highest BCUT2D eigenvalue weighted by atomic mass is 16.5. The normalized spacial score (nSPS) is 10.7. The third-order valence-electron chi connectivity index (χ3n) is 3.61. The van der Waals surface area contributed by atoms with Crippen LogP contribution in [0.1, 0.15) is 5.56 Å². The average molecular weight is 298 g/mol. The van der Waals surface area contributed by atoms with E-state index in [2.05, 4.69) is 6.07 Å². The number of hydrogen-bond acceptors (Lipinski definition) is 4. The lowest BCUT2D eigenvalue weighted by Gasteiger charge is -2.08. The molecule has 0 saturated heterocycles. The van der Waals surface area contributed by atoms with Crippen molar-refractivity contribution in [2.45, 2.75) is 6.92 Å². The Kier molecular flexibility index (Phi) is 3.67. The molecule has 0 unspecified atom stereocenters. The fourth-order valence-corrected chi connectivity index (χ4v) is 2.55. The highest BCUT2D eigenvalue weighted by molar-refractivity contribution is 5.88. The molecule has 3 rings (SSSR count). The van der Waals surface area contributed by atoms with Crippen molar-refractivity contribution < 1.29 is 18.6 Å². The summed E-state index contributed by atoms with van der Waals surface area (Å²) in [5.41, 5.74) is 2.80. The van der Waals surface area contributed by atoms with E-state index in [1.807, 2.05) is 37.3 Å². The molecule has 0 atom stereocenters. The van der Waals surface area contributed by atoms with E-state index >= 15 is 0 Å². The Hall–Kier alpha value is -2.62. The van der Waals surface area contributed by atoms with Crippen molar-refractivity contribution in [2.24, 2.45) is 0 Å². The molecule has 0 N–H and O–H groups in total. The zero-order valence-electron chi connectivity index (χ0n) is 13.1. The minimum absolute atomic E-state index is 0.670. The van der Waals surface area contributed by atoms with Gasteiger partial charge in [-0.2, -0.15) is 0 Å². The van der Waals surface area contributed by atoms with Crippen LogP contribution in [0.15, 0.2) is 40.8 Å². The maximum Gasteiger partial charge on any atom is 0.176 e. The summed E-state index contributed by atoms with van der Waals surface area (Å²) < 4.78 is 22.0. The van der Waals surface area contributed by atoms with Crippen molar-refractivity contribution in [3.05, 3.63) is 42.0 Å². The Morgan fingerprint density at radius 1 is 0.773 bits per heavy atom. The number of fused-ring (bicyclic) bond motifs is 1. The Morgan fingerprint density at radius 2 is 1.50 bits per heavy atom. The van der Waals surface area contributed by atoms with Gasteiger partial charge in [0.15, 0.2) is 22.8 Å². The van der Waals surface area contributed by atoms with Gasteiger partial charge in [0.1, 0.15) is 5.76 Å². The van der Waals surface area contributed by atoms with E-state index in [-0.39, 0.29) is 0 Å². The second-order valence-corrected chi connectivity index (χ2v) is 5.07. The molecule has 1 heterocycles. The number of rotatable bonds is 4. The van der Waals surface area contributed by atoms with Crippen molar-refractivity contribution in [3.8, 4) is 28.6 Å². The molecule has 0 amide bonds. The zero-order chi connectivity index (χ0) is 15.7. The lowest BCUT2D eigenvalue weighted by molar-refractivity contribution is 0.355. The van der Waals surface area contributed by atoms with E-state index in [4.69, 9.17) is 18.6 Å². The summed E-state index contributed by atoms with van der Waals surface area (Å²) in [7, 11) is 4.88. The van der Waals surface area contributed by atoms with Crippen molar-refractivity contribution in [1.82, 2.24) is 0 Å². The highest BCUT2D eigenvalue weighted by Gasteiger charge is 2.13. The van der Waals surface area contributed by atoms with Gasteiger partial charge in [-0.15, -0.1) is 0 Å². The summed E-state index contributed by atoms with van der Waals surface area (Å²) in [5, 5.41) is 1.02. The first kappa shape index (κ1) is 14.3. The molecule has 0 radical (unpaired) electrons. The number of furan rings is 1. The summed E-state index contributed by atoms with van der Waals surface area (Å²) in [5.74, 6) is 2.86. The molecule has 0 saturated carbocycles. The topological polar surface area (TPSA) is 40.8 Å². The molecule has 4 heteroatoms. The summed E-state index contributed by atoms with van der Waals surface area (Å²) >= 11 is 0. The summed E-state index contributed by atoms with van der Waals surface area (Å²) in [4.78, 5) is 0. The van der Waals surface area contributed by atoms with Gasteiger partial charge in [-0.05, 0) is 48.9 Å². The van der Waals surface area contributed by atoms with Crippen LogP contribution in [0.3, 0.4) is 0 Å². The zero-order valence-corrected chi connectivity index (χ0v) is 13.1. The van der Waals surface area contributed by atoms with Gasteiger partial charge in [-0.25, -0.2) is 0 Å². The van der Waals surface area contributed by atoms with Crippen LogP contribution in [0.25, 0.3) is 22.3 Å². The first-order chi connectivity index (χ1) is 10.7. The van der Waals surface area contributed by atoms with Gasteiger partial charge in [0.05, 0.1) is 21.3 Å². The molecule has 0 aliphatic carbocycles. The molecule has 22 heavy (non-hydrogen) atoms. The van der Waals surface area contributed by atoms with Crippen LogP contribution in [0.2, 0.25) is 0 Å². The smallest absolute Gasteiger partial charge is 0.176 e. The third kappa shape index (κ3) is 2.37. The van der Waals surface area contributed by atoms with Crippen LogP contribution < -0.4 is 14.2 Å². The molecular weight excluding hydrogens is 280 g/mol. The summed E-state index contributed by atoms with van der Waals surface area (Å²) in [6.45, 7) is 2.03. The van der Waals surface area contributed by atoms with Gasteiger partial charge in [0, 0.05) is 10.9 Å². The second-order valence-electron chi connectivity index (χ2n) is 5.07. The van der Waals surface area contributed by atoms with Gasteiger partial charge in [-0.3, -0.25) is 0 Å². The van der Waals surface area contributed by atoms with Gasteiger partial charge in [0.25, 0.3) is 0 Å². The number of aryl methyl sites for hydroxylation is 1. The minimum atomic E-state index is 0.670. The fourth-order valence-electron chi connectivity index (χ4n) is 2.55. The maximum atomic E-state index is 5.98. The van der Waals surface area contributed by atoms with Gasteiger partial charge >= 0.3 is 0 Å². The van der Waals surface area contributed by atoms with Crippen molar-refractivity contribution >= 4 is 11.0 Å². The van der Waals surface area contributed by atoms with Gasteiger partial charge in [-0.1, -0.05) is 0 Å². The monoisotopic (exact) mass is 298 g/mol.